The van der Waals surface area contributed by atoms with Gasteiger partial charge in [0.05, 0.1) is 12.8 Å². The molecule has 7 heteroatoms. The summed E-state index contributed by atoms with van der Waals surface area (Å²) in [7, 11) is 1.30. The van der Waals surface area contributed by atoms with Crippen molar-refractivity contribution in [2.45, 2.75) is 6.92 Å². The fraction of sp³-hybridized carbons (Fsp3) is 0.143. The maximum absolute atomic E-state index is 12.0. The van der Waals surface area contributed by atoms with Crippen molar-refractivity contribution in [3.8, 4) is 0 Å². The first-order valence-corrected chi connectivity index (χ1v) is 6.99. The summed E-state index contributed by atoms with van der Waals surface area (Å²) < 4.78 is 4.69. The number of carbonyl (C=O) groups is 2. The molecule has 0 saturated heterocycles. The van der Waals surface area contributed by atoms with Crippen LogP contribution in [0.1, 0.15) is 15.2 Å². The number of aryl methyl sites for hydroxylation is 1. The maximum atomic E-state index is 12.0. The Bertz CT molecular complexity index is 682. The summed E-state index contributed by atoms with van der Waals surface area (Å²) >= 11 is 1.22. The Morgan fingerprint density at radius 1 is 1.29 bits per heavy atom. The van der Waals surface area contributed by atoms with E-state index in [4.69, 9.17) is 5.73 Å². The van der Waals surface area contributed by atoms with Gasteiger partial charge in [0.2, 0.25) is 0 Å². The first-order valence-electron chi connectivity index (χ1n) is 6.11. The predicted molar refractivity (Wildman–Crippen MR) is 83.9 cm³/mol. The number of hydrogen-bond donors (Lipinski definition) is 3. The van der Waals surface area contributed by atoms with E-state index in [-0.39, 0.29) is 0 Å². The Morgan fingerprint density at radius 3 is 2.71 bits per heavy atom. The van der Waals surface area contributed by atoms with Crippen LogP contribution in [0.3, 0.4) is 0 Å². The lowest BCUT2D eigenvalue weighted by atomic mass is 10.2. The highest BCUT2D eigenvalue weighted by Gasteiger charge is 2.18. The first kappa shape index (κ1) is 14.9. The number of rotatable bonds is 3. The molecule has 0 aliphatic rings. The van der Waals surface area contributed by atoms with Gasteiger partial charge in [-0.1, -0.05) is 6.07 Å². The van der Waals surface area contributed by atoms with Gasteiger partial charge in [-0.25, -0.2) is 9.59 Å². The Hall–Kier alpha value is -2.54. The molecule has 0 aliphatic heterocycles. The second-order valence-electron chi connectivity index (χ2n) is 4.32. The number of esters is 1. The number of methoxy groups -OCH3 is 1. The Kier molecular flexibility index (Phi) is 4.44. The summed E-state index contributed by atoms with van der Waals surface area (Å²) in [5.74, 6) is -0.479. The lowest BCUT2D eigenvalue weighted by Gasteiger charge is -2.09. The highest BCUT2D eigenvalue weighted by Crippen LogP contribution is 2.28. The van der Waals surface area contributed by atoms with Crippen LogP contribution >= 0.6 is 11.3 Å². The molecular formula is C14H15N3O3S. The van der Waals surface area contributed by atoms with Crippen molar-refractivity contribution in [3.05, 3.63) is 40.1 Å². The van der Waals surface area contributed by atoms with Gasteiger partial charge in [0, 0.05) is 11.4 Å². The number of nitrogens with two attached hydrogens (primary N) is 1. The third-order valence-corrected chi connectivity index (χ3v) is 3.81. The summed E-state index contributed by atoms with van der Waals surface area (Å²) in [5.41, 5.74) is 8.01. The predicted octanol–water partition coefficient (Wildman–Crippen LogP) is 3.07. The molecule has 4 N–H and O–H groups in total. The van der Waals surface area contributed by atoms with Crippen molar-refractivity contribution in [2.24, 2.45) is 0 Å². The molecule has 6 nitrogen and oxygen atoms in total. The third-order valence-electron chi connectivity index (χ3n) is 2.73. The fourth-order valence-electron chi connectivity index (χ4n) is 1.73. The van der Waals surface area contributed by atoms with Gasteiger partial charge in [-0.2, -0.15) is 0 Å². The molecule has 2 amide bonds. The zero-order chi connectivity index (χ0) is 15.4. The van der Waals surface area contributed by atoms with Crippen molar-refractivity contribution in [2.75, 3.05) is 23.5 Å². The molecule has 0 unspecified atom stereocenters. The summed E-state index contributed by atoms with van der Waals surface area (Å²) in [6, 6.07) is 6.37. The topological polar surface area (TPSA) is 93.4 Å². The lowest BCUT2D eigenvalue weighted by molar-refractivity contribution is 0.0607. The minimum absolute atomic E-state index is 0.359. The number of anilines is 3. The first-order chi connectivity index (χ1) is 10.0. The van der Waals surface area contributed by atoms with Crippen LogP contribution in [-0.2, 0) is 4.74 Å². The van der Waals surface area contributed by atoms with Crippen molar-refractivity contribution in [3.63, 3.8) is 0 Å². The highest BCUT2D eigenvalue weighted by molar-refractivity contribution is 7.12. The number of thiophene rings is 1. The molecule has 21 heavy (non-hydrogen) atoms. The number of urea groups is 1. The van der Waals surface area contributed by atoms with Crippen LogP contribution in [0, 0.1) is 6.92 Å². The Labute approximate surface area is 125 Å². The van der Waals surface area contributed by atoms with E-state index in [9.17, 15) is 9.59 Å². The lowest BCUT2D eigenvalue weighted by Crippen LogP contribution is -2.21. The normalized spacial score (nSPS) is 10.0. The summed E-state index contributed by atoms with van der Waals surface area (Å²) in [6.45, 7) is 1.80. The molecule has 2 rings (SSSR count). The number of carbonyl (C=O) groups excluding carboxylic acids is 2. The van der Waals surface area contributed by atoms with Crippen molar-refractivity contribution >= 4 is 40.4 Å². The smallest absolute Gasteiger partial charge is 0.350 e. The van der Waals surface area contributed by atoms with Gasteiger partial charge in [-0.15, -0.1) is 11.3 Å². The van der Waals surface area contributed by atoms with E-state index in [1.807, 2.05) is 0 Å². The molecular weight excluding hydrogens is 290 g/mol. The van der Waals surface area contributed by atoms with Crippen LogP contribution in [0.4, 0.5) is 21.9 Å². The maximum Gasteiger partial charge on any atom is 0.350 e. The number of nitrogen functional groups attached to an aromatic ring is 1. The molecule has 0 atom stereocenters. The average molecular weight is 305 g/mol. The standard InChI is InChI=1S/C14H15N3O3S/c1-8-7-21-12(13(18)20-2)11(8)17-14(19)16-10-5-3-4-9(15)6-10/h3-7H,15H2,1-2H3,(H2,16,17,19). The SMILES string of the molecule is COC(=O)c1scc(C)c1NC(=O)Nc1cccc(N)c1. The van der Waals surface area contributed by atoms with Crippen LogP contribution in [0.5, 0.6) is 0 Å². The van der Waals surface area contributed by atoms with E-state index in [0.29, 0.717) is 21.9 Å². The van der Waals surface area contributed by atoms with E-state index < -0.39 is 12.0 Å². The molecule has 1 heterocycles. The molecule has 0 fully saturated rings. The molecule has 0 bridgehead atoms. The molecule has 110 valence electrons. The summed E-state index contributed by atoms with van der Waals surface area (Å²) in [5, 5.41) is 7.10. The molecule has 0 saturated carbocycles. The van der Waals surface area contributed by atoms with Crippen LogP contribution in [0.25, 0.3) is 0 Å². The number of benzene rings is 1. The zero-order valence-electron chi connectivity index (χ0n) is 11.6. The second kappa shape index (κ2) is 6.27. The number of nitrogens with one attached hydrogen (secondary N) is 2. The summed E-state index contributed by atoms with van der Waals surface area (Å²) in [6.07, 6.45) is 0. The summed E-state index contributed by atoms with van der Waals surface area (Å²) in [4.78, 5) is 24.0. The minimum Gasteiger partial charge on any atom is -0.465 e. The van der Waals surface area contributed by atoms with Gasteiger partial charge in [-0.3, -0.25) is 0 Å². The van der Waals surface area contributed by atoms with E-state index in [1.54, 1.807) is 36.6 Å². The number of amides is 2. The zero-order valence-corrected chi connectivity index (χ0v) is 12.4. The van der Waals surface area contributed by atoms with E-state index in [2.05, 4.69) is 15.4 Å². The molecule has 2 aromatic rings. The number of ether oxygens (including phenoxy) is 1. The Morgan fingerprint density at radius 2 is 2.05 bits per heavy atom. The molecule has 0 spiro atoms. The van der Waals surface area contributed by atoms with Gasteiger partial charge < -0.3 is 21.1 Å². The van der Waals surface area contributed by atoms with Crippen LogP contribution < -0.4 is 16.4 Å². The Balaban J connectivity index is 2.13. The van der Waals surface area contributed by atoms with E-state index >= 15 is 0 Å². The third kappa shape index (κ3) is 3.51. The van der Waals surface area contributed by atoms with Crippen LogP contribution in [0.15, 0.2) is 29.6 Å². The second-order valence-corrected chi connectivity index (χ2v) is 5.20. The van der Waals surface area contributed by atoms with Crippen molar-refractivity contribution < 1.29 is 14.3 Å². The van der Waals surface area contributed by atoms with Gasteiger partial charge in [0.1, 0.15) is 4.88 Å². The van der Waals surface area contributed by atoms with Crippen LogP contribution in [0.2, 0.25) is 0 Å². The van der Waals surface area contributed by atoms with Crippen molar-refractivity contribution in [1.82, 2.24) is 0 Å². The molecule has 1 aromatic carbocycles. The largest absolute Gasteiger partial charge is 0.465 e. The fourth-order valence-corrected chi connectivity index (χ4v) is 2.66. The van der Waals surface area contributed by atoms with Crippen LogP contribution in [-0.4, -0.2) is 19.1 Å². The number of hydrogen-bond acceptors (Lipinski definition) is 5. The molecule has 0 aliphatic carbocycles. The van der Waals surface area contributed by atoms with Gasteiger partial charge in [0.15, 0.2) is 0 Å². The molecule has 1 aromatic heterocycles. The van der Waals surface area contributed by atoms with E-state index in [0.717, 1.165) is 5.56 Å². The highest BCUT2D eigenvalue weighted by atomic mass is 32.1. The van der Waals surface area contributed by atoms with E-state index in [1.165, 1.54) is 18.4 Å². The monoisotopic (exact) mass is 305 g/mol. The van der Waals surface area contributed by atoms with Gasteiger partial charge in [-0.05, 0) is 36.1 Å². The van der Waals surface area contributed by atoms with Crippen molar-refractivity contribution in [1.29, 1.82) is 0 Å². The van der Waals surface area contributed by atoms with Gasteiger partial charge in [0.25, 0.3) is 0 Å². The quantitative estimate of drug-likeness (QED) is 0.600. The minimum atomic E-state index is -0.479. The molecule has 0 radical (unpaired) electrons. The van der Waals surface area contributed by atoms with Gasteiger partial charge >= 0.3 is 12.0 Å². The average Bonchev–Trinajstić information content (AvgIpc) is 2.79.